The van der Waals surface area contributed by atoms with E-state index in [4.69, 9.17) is 0 Å². The highest BCUT2D eigenvalue weighted by Crippen LogP contribution is 2.44. The molecule has 0 amide bonds. The highest BCUT2D eigenvalue weighted by molar-refractivity contribution is 7.25. The van der Waals surface area contributed by atoms with Crippen LogP contribution in [0.2, 0.25) is 0 Å². The minimum Gasteiger partial charge on any atom is -0.134 e. The van der Waals surface area contributed by atoms with E-state index in [1.165, 1.54) is 75.1 Å². The summed E-state index contributed by atoms with van der Waals surface area (Å²) < 4.78 is 0. The van der Waals surface area contributed by atoms with Gasteiger partial charge in [-0.05, 0) is 105 Å². The summed E-state index contributed by atoms with van der Waals surface area (Å²) in [6.45, 7) is 0. The van der Waals surface area contributed by atoms with Gasteiger partial charge in [-0.25, -0.2) is 0 Å². The first-order valence-electron chi connectivity index (χ1n) is 12.4. The number of thiophene rings is 2. The molecule has 0 bridgehead atoms. The molecule has 170 valence electrons. The van der Waals surface area contributed by atoms with Crippen LogP contribution in [-0.2, 0) is 12.8 Å². The molecule has 4 aromatic carbocycles. The lowest BCUT2D eigenvalue weighted by atomic mass is 10.0. The fourth-order valence-corrected chi connectivity index (χ4v) is 7.94. The largest absolute Gasteiger partial charge is 0.134 e. The molecule has 0 radical (unpaired) electrons. The molecule has 8 rings (SSSR count). The zero-order valence-corrected chi connectivity index (χ0v) is 21.3. The Balaban J connectivity index is 1.08. The molecule has 0 unspecified atom stereocenters. The summed E-state index contributed by atoms with van der Waals surface area (Å²) in [5.74, 6) is 0. The van der Waals surface area contributed by atoms with Crippen molar-refractivity contribution in [2.45, 2.75) is 12.8 Å². The van der Waals surface area contributed by atoms with Gasteiger partial charge in [0, 0.05) is 19.5 Å². The maximum Gasteiger partial charge on any atom is 0.0449 e. The van der Waals surface area contributed by atoms with Crippen molar-refractivity contribution in [2.24, 2.45) is 0 Å². The SMILES string of the molecule is c1ccc2c(c1)Cc1cc(-c3ccc(-c4ccc(-c5ccc6c(c5)Cc5ccccc5-6)s4)s3)ccc1-2. The van der Waals surface area contributed by atoms with Crippen LogP contribution in [0.1, 0.15) is 22.3 Å². The zero-order valence-electron chi connectivity index (χ0n) is 19.6. The van der Waals surface area contributed by atoms with Gasteiger partial charge in [0.05, 0.1) is 0 Å². The Morgan fingerprint density at radius 3 is 1.28 bits per heavy atom. The lowest BCUT2D eigenvalue weighted by Crippen LogP contribution is -1.81. The fraction of sp³-hybridized carbons (Fsp3) is 0.0588. The van der Waals surface area contributed by atoms with Gasteiger partial charge in [0.1, 0.15) is 0 Å². The summed E-state index contributed by atoms with van der Waals surface area (Å²) in [7, 11) is 0. The van der Waals surface area contributed by atoms with Gasteiger partial charge in [0.25, 0.3) is 0 Å². The maximum absolute atomic E-state index is 2.40. The number of benzene rings is 4. The third kappa shape index (κ3) is 3.19. The first-order chi connectivity index (χ1) is 17.8. The molecule has 2 aliphatic carbocycles. The van der Waals surface area contributed by atoms with Crippen LogP contribution < -0.4 is 0 Å². The van der Waals surface area contributed by atoms with Crippen LogP contribution in [0.15, 0.2) is 109 Å². The molecule has 0 saturated carbocycles. The van der Waals surface area contributed by atoms with Gasteiger partial charge < -0.3 is 0 Å². The van der Waals surface area contributed by atoms with E-state index in [2.05, 4.69) is 109 Å². The van der Waals surface area contributed by atoms with E-state index >= 15 is 0 Å². The van der Waals surface area contributed by atoms with Gasteiger partial charge in [-0.1, -0.05) is 72.8 Å². The number of hydrogen-bond donors (Lipinski definition) is 0. The van der Waals surface area contributed by atoms with Crippen molar-refractivity contribution >= 4 is 22.7 Å². The van der Waals surface area contributed by atoms with Gasteiger partial charge in [-0.2, -0.15) is 0 Å². The number of fused-ring (bicyclic) bond motifs is 6. The third-order valence-electron chi connectivity index (χ3n) is 7.61. The standard InChI is InChI=1S/C34H22S2/c1-3-7-27-21(5-1)17-25-19-23(9-11-29(25)27)31-13-15-33(35-31)34-16-14-32(36-34)24-10-12-30-26(20-24)18-22-6-2-4-8-28(22)30/h1-16,19-20H,17-18H2. The van der Waals surface area contributed by atoms with Crippen LogP contribution in [0, 0.1) is 0 Å². The van der Waals surface area contributed by atoms with E-state index in [9.17, 15) is 0 Å². The quantitative estimate of drug-likeness (QED) is 0.229. The Labute approximate surface area is 219 Å². The fourth-order valence-electron chi connectivity index (χ4n) is 5.85. The molecule has 0 spiro atoms. The van der Waals surface area contributed by atoms with Crippen molar-refractivity contribution in [3.05, 3.63) is 131 Å². The normalized spacial score (nSPS) is 12.8. The highest BCUT2D eigenvalue weighted by Gasteiger charge is 2.20. The average molecular weight is 495 g/mol. The monoisotopic (exact) mass is 494 g/mol. The molecule has 2 heteroatoms. The van der Waals surface area contributed by atoms with E-state index in [1.807, 2.05) is 22.7 Å². The first kappa shape index (κ1) is 20.5. The van der Waals surface area contributed by atoms with Crippen LogP contribution in [-0.4, -0.2) is 0 Å². The summed E-state index contributed by atoms with van der Waals surface area (Å²) in [5.41, 5.74) is 14.0. The molecule has 6 aromatic rings. The van der Waals surface area contributed by atoms with Crippen molar-refractivity contribution in [3.8, 4) is 52.9 Å². The van der Waals surface area contributed by atoms with E-state index < -0.39 is 0 Å². The molecule has 0 saturated heterocycles. The van der Waals surface area contributed by atoms with Gasteiger partial charge in [0.15, 0.2) is 0 Å². The Morgan fingerprint density at radius 1 is 0.361 bits per heavy atom. The van der Waals surface area contributed by atoms with Crippen molar-refractivity contribution < 1.29 is 0 Å². The summed E-state index contributed by atoms with van der Waals surface area (Å²) in [4.78, 5) is 5.38. The summed E-state index contributed by atoms with van der Waals surface area (Å²) >= 11 is 3.80. The lowest BCUT2D eigenvalue weighted by molar-refractivity contribution is 1.26. The van der Waals surface area contributed by atoms with E-state index in [-0.39, 0.29) is 0 Å². The Kier molecular flexibility index (Phi) is 4.49. The Morgan fingerprint density at radius 2 is 0.778 bits per heavy atom. The van der Waals surface area contributed by atoms with E-state index in [0.717, 1.165) is 12.8 Å². The zero-order chi connectivity index (χ0) is 23.6. The Hall–Kier alpha value is -3.72. The molecule has 0 N–H and O–H groups in total. The molecular weight excluding hydrogens is 473 g/mol. The predicted molar refractivity (Wildman–Crippen MR) is 155 cm³/mol. The topological polar surface area (TPSA) is 0 Å². The van der Waals surface area contributed by atoms with Crippen molar-refractivity contribution in [2.75, 3.05) is 0 Å². The first-order valence-corrected chi connectivity index (χ1v) is 14.1. The second kappa shape index (κ2) is 7.89. The molecule has 2 heterocycles. The van der Waals surface area contributed by atoms with Crippen LogP contribution in [0.4, 0.5) is 0 Å². The molecular formula is C34H22S2. The number of hydrogen-bond acceptors (Lipinski definition) is 2. The van der Waals surface area contributed by atoms with Crippen LogP contribution >= 0.6 is 22.7 Å². The Bertz CT molecular complexity index is 1660. The summed E-state index contributed by atoms with van der Waals surface area (Å²) in [6, 6.07) is 40.7. The molecule has 2 aliphatic rings. The molecule has 2 aromatic heterocycles. The van der Waals surface area contributed by atoms with Gasteiger partial charge in [0.2, 0.25) is 0 Å². The smallest absolute Gasteiger partial charge is 0.0449 e. The van der Waals surface area contributed by atoms with Gasteiger partial charge in [-0.15, -0.1) is 22.7 Å². The van der Waals surface area contributed by atoms with E-state index in [1.54, 1.807) is 0 Å². The van der Waals surface area contributed by atoms with Crippen molar-refractivity contribution in [1.82, 2.24) is 0 Å². The predicted octanol–water partition coefficient (Wildman–Crippen LogP) is 9.95. The molecule has 0 fully saturated rings. The third-order valence-corrected chi connectivity index (χ3v) is 10.1. The lowest BCUT2D eigenvalue weighted by Gasteiger charge is -2.04. The van der Waals surface area contributed by atoms with Crippen LogP contribution in [0.3, 0.4) is 0 Å². The van der Waals surface area contributed by atoms with Crippen molar-refractivity contribution in [1.29, 1.82) is 0 Å². The van der Waals surface area contributed by atoms with Crippen LogP contribution in [0.25, 0.3) is 52.9 Å². The van der Waals surface area contributed by atoms with Crippen LogP contribution in [0.5, 0.6) is 0 Å². The highest BCUT2D eigenvalue weighted by atomic mass is 32.1. The maximum atomic E-state index is 2.40. The second-order valence-electron chi connectivity index (χ2n) is 9.74. The molecule has 0 aliphatic heterocycles. The average Bonchev–Trinajstić information content (AvgIpc) is 3.71. The van der Waals surface area contributed by atoms with Crippen molar-refractivity contribution in [3.63, 3.8) is 0 Å². The second-order valence-corrected chi connectivity index (χ2v) is 11.9. The minimum absolute atomic E-state index is 1.04. The molecule has 36 heavy (non-hydrogen) atoms. The summed E-state index contributed by atoms with van der Waals surface area (Å²) in [5, 5.41) is 0. The van der Waals surface area contributed by atoms with Gasteiger partial charge in [-0.3, -0.25) is 0 Å². The number of rotatable bonds is 3. The molecule has 0 nitrogen and oxygen atoms in total. The van der Waals surface area contributed by atoms with Gasteiger partial charge >= 0.3 is 0 Å². The molecule has 0 atom stereocenters. The summed E-state index contributed by atoms with van der Waals surface area (Å²) in [6.07, 6.45) is 2.08. The minimum atomic E-state index is 1.04. The van der Waals surface area contributed by atoms with E-state index in [0.29, 0.717) is 0 Å².